The predicted molar refractivity (Wildman–Crippen MR) is 97.4 cm³/mol. The first kappa shape index (κ1) is 18.1. The highest BCUT2D eigenvalue weighted by molar-refractivity contribution is 5.97. The average Bonchev–Trinajstić information content (AvgIpc) is 2.67. The quantitative estimate of drug-likeness (QED) is 0.914. The third-order valence-electron chi connectivity index (χ3n) is 4.55. The van der Waals surface area contributed by atoms with E-state index in [1.165, 1.54) is 12.1 Å². The average molecular weight is 355 g/mol. The molecule has 0 aliphatic carbocycles. The molecule has 2 aromatic carbocycles. The largest absolute Gasteiger partial charge is 0.348 e. The number of hydrogen-bond donors (Lipinski definition) is 1. The van der Waals surface area contributed by atoms with Gasteiger partial charge in [0, 0.05) is 43.9 Å². The molecule has 1 heterocycles. The Bertz CT molecular complexity index is 767. The Kier molecular flexibility index (Phi) is 5.63. The molecule has 6 heteroatoms. The van der Waals surface area contributed by atoms with Gasteiger partial charge in [0.2, 0.25) is 0 Å². The minimum Gasteiger partial charge on any atom is -0.348 e. The summed E-state index contributed by atoms with van der Waals surface area (Å²) >= 11 is 0. The maximum atomic E-state index is 12.9. The van der Waals surface area contributed by atoms with E-state index in [0.717, 1.165) is 31.7 Å². The van der Waals surface area contributed by atoms with E-state index < -0.39 is 0 Å². The van der Waals surface area contributed by atoms with Crippen LogP contribution in [0.15, 0.2) is 48.5 Å². The van der Waals surface area contributed by atoms with E-state index in [4.69, 9.17) is 0 Å². The van der Waals surface area contributed by atoms with Crippen molar-refractivity contribution in [2.75, 3.05) is 33.2 Å². The molecule has 0 radical (unpaired) electrons. The molecule has 0 saturated carbocycles. The third kappa shape index (κ3) is 4.46. The molecular weight excluding hydrogens is 333 g/mol. The van der Waals surface area contributed by atoms with E-state index >= 15 is 0 Å². The second-order valence-corrected chi connectivity index (χ2v) is 6.48. The minimum absolute atomic E-state index is 0.00336. The van der Waals surface area contributed by atoms with E-state index in [2.05, 4.69) is 10.2 Å². The topological polar surface area (TPSA) is 52.7 Å². The lowest BCUT2D eigenvalue weighted by atomic mass is 10.1. The van der Waals surface area contributed by atoms with Crippen molar-refractivity contribution in [3.05, 3.63) is 71.0 Å². The van der Waals surface area contributed by atoms with Gasteiger partial charge < -0.3 is 15.1 Å². The van der Waals surface area contributed by atoms with Gasteiger partial charge in [-0.2, -0.15) is 0 Å². The molecular formula is C20H22FN3O2. The highest BCUT2D eigenvalue weighted by Gasteiger charge is 2.20. The number of hydrogen-bond acceptors (Lipinski definition) is 3. The third-order valence-corrected chi connectivity index (χ3v) is 4.55. The highest BCUT2D eigenvalue weighted by atomic mass is 19.1. The first-order chi connectivity index (χ1) is 12.5. The summed E-state index contributed by atoms with van der Waals surface area (Å²) in [4.78, 5) is 28.7. The Labute approximate surface area is 152 Å². The fraction of sp³-hybridized carbons (Fsp3) is 0.300. The van der Waals surface area contributed by atoms with Gasteiger partial charge in [0.25, 0.3) is 11.8 Å². The van der Waals surface area contributed by atoms with E-state index in [1.54, 1.807) is 36.4 Å². The molecule has 0 unspecified atom stereocenters. The number of halogens is 1. The van der Waals surface area contributed by atoms with Gasteiger partial charge in [-0.25, -0.2) is 4.39 Å². The fourth-order valence-electron chi connectivity index (χ4n) is 2.84. The van der Waals surface area contributed by atoms with Gasteiger partial charge in [-0.15, -0.1) is 0 Å². The Balaban J connectivity index is 1.57. The van der Waals surface area contributed by atoms with Crippen molar-refractivity contribution >= 4 is 11.8 Å². The molecule has 0 spiro atoms. The van der Waals surface area contributed by atoms with Crippen LogP contribution < -0.4 is 5.32 Å². The van der Waals surface area contributed by atoms with Gasteiger partial charge in [0.05, 0.1) is 0 Å². The number of nitrogens with zero attached hydrogens (tertiary/aromatic N) is 2. The molecule has 0 aromatic heterocycles. The van der Waals surface area contributed by atoms with E-state index in [9.17, 15) is 14.0 Å². The number of likely N-dealkylation sites (N-methyl/N-ethyl adjacent to an activating group) is 1. The van der Waals surface area contributed by atoms with Crippen LogP contribution in [0.4, 0.5) is 4.39 Å². The number of amides is 2. The van der Waals surface area contributed by atoms with Gasteiger partial charge in [0.1, 0.15) is 5.82 Å². The Morgan fingerprint density at radius 3 is 2.12 bits per heavy atom. The number of nitrogens with one attached hydrogen (secondary N) is 1. The Morgan fingerprint density at radius 1 is 0.923 bits per heavy atom. The molecule has 2 amide bonds. The van der Waals surface area contributed by atoms with Crippen LogP contribution in [0, 0.1) is 5.82 Å². The van der Waals surface area contributed by atoms with Crippen LogP contribution in [-0.4, -0.2) is 54.8 Å². The molecule has 5 nitrogen and oxygen atoms in total. The molecule has 1 saturated heterocycles. The molecule has 26 heavy (non-hydrogen) atoms. The Morgan fingerprint density at radius 2 is 1.50 bits per heavy atom. The van der Waals surface area contributed by atoms with Crippen molar-refractivity contribution in [1.29, 1.82) is 0 Å². The summed E-state index contributed by atoms with van der Waals surface area (Å²) in [7, 11) is 2.04. The summed E-state index contributed by atoms with van der Waals surface area (Å²) in [5.74, 6) is -0.537. The first-order valence-electron chi connectivity index (χ1n) is 8.63. The standard InChI is InChI=1S/C20H22FN3O2/c1-23-10-12-24(13-11-23)20(26)17-6-4-16(5-7-17)19(25)22-14-15-2-8-18(21)9-3-15/h2-9H,10-14H2,1H3,(H,22,25). The van der Waals surface area contributed by atoms with Crippen LogP contribution in [0.1, 0.15) is 26.3 Å². The molecule has 1 aliphatic rings. The maximum absolute atomic E-state index is 12.9. The maximum Gasteiger partial charge on any atom is 0.253 e. The van der Waals surface area contributed by atoms with Gasteiger partial charge in [-0.3, -0.25) is 9.59 Å². The normalized spacial score (nSPS) is 14.9. The fourth-order valence-corrected chi connectivity index (χ4v) is 2.84. The monoisotopic (exact) mass is 355 g/mol. The number of rotatable bonds is 4. The number of piperazine rings is 1. The number of carbonyl (C=O) groups is 2. The molecule has 2 aromatic rings. The van der Waals surface area contributed by atoms with Gasteiger partial charge >= 0.3 is 0 Å². The molecule has 136 valence electrons. The van der Waals surface area contributed by atoms with Crippen molar-refractivity contribution in [3.63, 3.8) is 0 Å². The van der Waals surface area contributed by atoms with E-state index in [1.807, 2.05) is 11.9 Å². The van der Waals surface area contributed by atoms with Crippen LogP contribution in [0.5, 0.6) is 0 Å². The lowest BCUT2D eigenvalue weighted by Crippen LogP contribution is -2.47. The molecule has 1 aliphatic heterocycles. The SMILES string of the molecule is CN1CCN(C(=O)c2ccc(C(=O)NCc3ccc(F)cc3)cc2)CC1. The highest BCUT2D eigenvalue weighted by Crippen LogP contribution is 2.10. The zero-order chi connectivity index (χ0) is 18.5. The van der Waals surface area contributed by atoms with Crippen LogP contribution in [0.3, 0.4) is 0 Å². The second kappa shape index (κ2) is 8.10. The summed E-state index contributed by atoms with van der Waals surface area (Å²) in [6.45, 7) is 3.50. The Hall–Kier alpha value is -2.73. The molecule has 1 fully saturated rings. The number of carbonyl (C=O) groups excluding carboxylic acids is 2. The van der Waals surface area contributed by atoms with Gasteiger partial charge in [0.15, 0.2) is 0 Å². The van der Waals surface area contributed by atoms with Crippen LogP contribution in [0.25, 0.3) is 0 Å². The van der Waals surface area contributed by atoms with E-state index in [0.29, 0.717) is 17.7 Å². The lowest BCUT2D eigenvalue weighted by molar-refractivity contribution is 0.0663. The lowest BCUT2D eigenvalue weighted by Gasteiger charge is -2.32. The van der Waals surface area contributed by atoms with Crippen molar-refractivity contribution in [3.8, 4) is 0 Å². The zero-order valence-electron chi connectivity index (χ0n) is 14.7. The smallest absolute Gasteiger partial charge is 0.253 e. The van der Waals surface area contributed by atoms with Crippen LogP contribution in [-0.2, 0) is 6.54 Å². The molecule has 0 bridgehead atoms. The first-order valence-corrected chi connectivity index (χ1v) is 8.63. The van der Waals surface area contributed by atoms with Crippen molar-refractivity contribution in [1.82, 2.24) is 15.1 Å². The van der Waals surface area contributed by atoms with Crippen LogP contribution >= 0.6 is 0 Å². The summed E-state index contributed by atoms with van der Waals surface area (Å²) in [5, 5.41) is 2.79. The summed E-state index contributed by atoms with van der Waals surface area (Å²) in [5.41, 5.74) is 1.90. The van der Waals surface area contributed by atoms with Crippen LogP contribution in [0.2, 0.25) is 0 Å². The second-order valence-electron chi connectivity index (χ2n) is 6.48. The summed E-state index contributed by atoms with van der Waals surface area (Å²) < 4.78 is 12.9. The van der Waals surface area contributed by atoms with Gasteiger partial charge in [-0.05, 0) is 49.0 Å². The van der Waals surface area contributed by atoms with E-state index in [-0.39, 0.29) is 17.6 Å². The molecule has 1 N–H and O–H groups in total. The molecule has 0 atom stereocenters. The zero-order valence-corrected chi connectivity index (χ0v) is 14.7. The summed E-state index contributed by atoms with van der Waals surface area (Å²) in [6.07, 6.45) is 0. The van der Waals surface area contributed by atoms with Gasteiger partial charge in [-0.1, -0.05) is 12.1 Å². The molecule has 3 rings (SSSR count). The minimum atomic E-state index is -0.305. The van der Waals surface area contributed by atoms with Crippen molar-refractivity contribution in [2.45, 2.75) is 6.54 Å². The van der Waals surface area contributed by atoms with Crippen molar-refractivity contribution in [2.24, 2.45) is 0 Å². The number of benzene rings is 2. The van der Waals surface area contributed by atoms with Crippen molar-refractivity contribution < 1.29 is 14.0 Å². The summed E-state index contributed by atoms with van der Waals surface area (Å²) in [6, 6.07) is 12.7. The predicted octanol–water partition coefficient (Wildman–Crippen LogP) is 2.14.